The Morgan fingerprint density at radius 1 is 1.14 bits per heavy atom. The highest BCUT2D eigenvalue weighted by Gasteiger charge is 2.32. The minimum Gasteiger partial charge on any atom is -0.393 e. The first-order chi connectivity index (χ1) is 10.3. The maximum atomic E-state index is 11.4. The standard InChI is InChI=1S/C19H32O3/c1-13(2)16(5)11-15(4)10-9-14(3)7-6-8-17-12-18(20)22-19(17)21/h6-7,13-17H,8-12H2,1-5H3. The highest BCUT2D eigenvalue weighted by atomic mass is 16.6. The van der Waals surface area contributed by atoms with Crippen LogP contribution in [-0.2, 0) is 14.3 Å². The molecule has 0 N–H and O–H groups in total. The van der Waals surface area contributed by atoms with Gasteiger partial charge in [-0.15, -0.1) is 0 Å². The van der Waals surface area contributed by atoms with Gasteiger partial charge in [0.05, 0.1) is 12.3 Å². The molecule has 3 nitrogen and oxygen atoms in total. The molecule has 3 heteroatoms. The van der Waals surface area contributed by atoms with Gasteiger partial charge in [-0.2, -0.15) is 0 Å². The quantitative estimate of drug-likeness (QED) is 0.350. The third kappa shape index (κ3) is 6.76. The number of allylic oxidation sites excluding steroid dienone is 2. The van der Waals surface area contributed by atoms with Crippen molar-refractivity contribution in [3.8, 4) is 0 Å². The molecule has 1 rings (SSSR count). The first-order valence-corrected chi connectivity index (χ1v) is 8.70. The van der Waals surface area contributed by atoms with Crippen LogP contribution in [0.25, 0.3) is 0 Å². The summed E-state index contributed by atoms with van der Waals surface area (Å²) in [4.78, 5) is 22.4. The summed E-state index contributed by atoms with van der Waals surface area (Å²) in [5.41, 5.74) is 0. The second kappa shape index (κ2) is 9.12. The Hall–Kier alpha value is -1.12. The lowest BCUT2D eigenvalue weighted by atomic mass is 9.85. The number of esters is 2. The van der Waals surface area contributed by atoms with Gasteiger partial charge in [-0.3, -0.25) is 9.59 Å². The molecule has 4 atom stereocenters. The Morgan fingerprint density at radius 3 is 2.36 bits per heavy atom. The average Bonchev–Trinajstić information content (AvgIpc) is 2.74. The number of cyclic esters (lactones) is 2. The summed E-state index contributed by atoms with van der Waals surface area (Å²) in [6, 6.07) is 0. The summed E-state index contributed by atoms with van der Waals surface area (Å²) in [7, 11) is 0. The molecule has 1 heterocycles. The zero-order valence-corrected chi connectivity index (χ0v) is 14.8. The molecule has 1 aliphatic rings. The van der Waals surface area contributed by atoms with Crippen LogP contribution in [0, 0.1) is 29.6 Å². The minimum atomic E-state index is -0.385. The summed E-state index contributed by atoms with van der Waals surface area (Å²) in [6.45, 7) is 11.5. The van der Waals surface area contributed by atoms with Crippen LogP contribution >= 0.6 is 0 Å². The first-order valence-electron chi connectivity index (χ1n) is 8.70. The maximum Gasteiger partial charge on any atom is 0.317 e. The SMILES string of the molecule is CC(C=CCC1CC(=O)OC1=O)CCC(C)CC(C)C(C)C. The molecule has 0 amide bonds. The van der Waals surface area contributed by atoms with Crippen molar-refractivity contribution < 1.29 is 14.3 Å². The van der Waals surface area contributed by atoms with Gasteiger partial charge in [0.2, 0.25) is 0 Å². The maximum absolute atomic E-state index is 11.4. The Balaban J connectivity index is 2.22. The van der Waals surface area contributed by atoms with Crippen LogP contribution in [0.2, 0.25) is 0 Å². The smallest absolute Gasteiger partial charge is 0.317 e. The number of hydrogen-bond donors (Lipinski definition) is 0. The van der Waals surface area contributed by atoms with E-state index >= 15 is 0 Å². The third-order valence-electron chi connectivity index (χ3n) is 4.87. The Bertz CT molecular complexity index is 397. The molecule has 0 bridgehead atoms. The van der Waals surface area contributed by atoms with Gasteiger partial charge >= 0.3 is 11.9 Å². The molecule has 0 radical (unpaired) electrons. The number of carbonyl (C=O) groups is 2. The van der Waals surface area contributed by atoms with Crippen LogP contribution in [0.4, 0.5) is 0 Å². The van der Waals surface area contributed by atoms with Crippen LogP contribution < -0.4 is 0 Å². The van der Waals surface area contributed by atoms with E-state index in [4.69, 9.17) is 0 Å². The van der Waals surface area contributed by atoms with E-state index in [1.54, 1.807) is 0 Å². The second-order valence-corrected chi connectivity index (χ2v) is 7.47. The van der Waals surface area contributed by atoms with Crippen molar-refractivity contribution in [2.24, 2.45) is 29.6 Å². The molecule has 0 aromatic rings. The molecule has 126 valence electrons. The van der Waals surface area contributed by atoms with E-state index in [1.807, 2.05) is 6.08 Å². The summed E-state index contributed by atoms with van der Waals surface area (Å²) in [6.07, 6.45) is 8.79. The van der Waals surface area contributed by atoms with Gasteiger partial charge in [0.15, 0.2) is 0 Å². The molecule has 4 unspecified atom stereocenters. The predicted molar refractivity (Wildman–Crippen MR) is 89.1 cm³/mol. The van der Waals surface area contributed by atoms with Crippen molar-refractivity contribution in [2.75, 3.05) is 0 Å². The summed E-state index contributed by atoms with van der Waals surface area (Å²) in [5, 5.41) is 0. The molecular weight excluding hydrogens is 276 g/mol. The molecule has 0 aromatic carbocycles. The van der Waals surface area contributed by atoms with E-state index in [0.29, 0.717) is 12.3 Å². The molecule has 1 fully saturated rings. The van der Waals surface area contributed by atoms with Gasteiger partial charge in [-0.25, -0.2) is 0 Å². The van der Waals surface area contributed by atoms with Gasteiger partial charge in [0.25, 0.3) is 0 Å². The van der Waals surface area contributed by atoms with Crippen molar-refractivity contribution in [1.29, 1.82) is 0 Å². The molecule has 22 heavy (non-hydrogen) atoms. The highest BCUT2D eigenvalue weighted by Crippen LogP contribution is 2.25. The average molecular weight is 308 g/mol. The van der Waals surface area contributed by atoms with Gasteiger partial charge in [-0.1, -0.05) is 53.2 Å². The third-order valence-corrected chi connectivity index (χ3v) is 4.87. The molecule has 0 saturated carbocycles. The molecule has 0 aromatic heterocycles. The predicted octanol–water partition coefficient (Wildman–Crippen LogP) is 4.76. The van der Waals surface area contributed by atoms with Crippen LogP contribution in [0.5, 0.6) is 0 Å². The van der Waals surface area contributed by atoms with Crippen LogP contribution in [0.15, 0.2) is 12.2 Å². The highest BCUT2D eigenvalue weighted by molar-refractivity contribution is 5.94. The summed E-state index contributed by atoms with van der Waals surface area (Å²) >= 11 is 0. The molecule has 0 aliphatic carbocycles. The number of ether oxygens (including phenoxy) is 1. The van der Waals surface area contributed by atoms with Crippen molar-refractivity contribution in [3.63, 3.8) is 0 Å². The number of hydrogen-bond acceptors (Lipinski definition) is 3. The van der Waals surface area contributed by atoms with Crippen LogP contribution in [-0.4, -0.2) is 11.9 Å². The molecule has 1 saturated heterocycles. The van der Waals surface area contributed by atoms with E-state index < -0.39 is 0 Å². The van der Waals surface area contributed by atoms with Crippen LogP contribution in [0.1, 0.15) is 66.7 Å². The fourth-order valence-electron chi connectivity index (χ4n) is 2.84. The zero-order chi connectivity index (χ0) is 16.7. The number of rotatable bonds is 9. The molecule has 0 spiro atoms. The van der Waals surface area contributed by atoms with Crippen molar-refractivity contribution in [2.45, 2.75) is 66.7 Å². The largest absolute Gasteiger partial charge is 0.393 e. The minimum absolute atomic E-state index is 0.238. The van der Waals surface area contributed by atoms with E-state index in [-0.39, 0.29) is 24.3 Å². The Morgan fingerprint density at radius 2 is 1.82 bits per heavy atom. The Kier molecular flexibility index (Phi) is 7.84. The van der Waals surface area contributed by atoms with E-state index in [0.717, 1.165) is 17.8 Å². The van der Waals surface area contributed by atoms with E-state index in [2.05, 4.69) is 45.4 Å². The van der Waals surface area contributed by atoms with Gasteiger partial charge in [0.1, 0.15) is 0 Å². The topological polar surface area (TPSA) is 43.4 Å². The molecule has 1 aliphatic heterocycles. The lowest BCUT2D eigenvalue weighted by Crippen LogP contribution is -2.10. The van der Waals surface area contributed by atoms with E-state index in [1.165, 1.54) is 19.3 Å². The zero-order valence-electron chi connectivity index (χ0n) is 14.8. The van der Waals surface area contributed by atoms with Gasteiger partial charge in [0, 0.05) is 0 Å². The van der Waals surface area contributed by atoms with Crippen molar-refractivity contribution in [3.05, 3.63) is 12.2 Å². The van der Waals surface area contributed by atoms with Gasteiger partial charge in [-0.05, 0) is 42.9 Å². The molecular formula is C19H32O3. The van der Waals surface area contributed by atoms with Crippen LogP contribution in [0.3, 0.4) is 0 Å². The normalized spacial score (nSPS) is 23.1. The second-order valence-electron chi connectivity index (χ2n) is 7.47. The van der Waals surface area contributed by atoms with Crippen molar-refractivity contribution in [1.82, 2.24) is 0 Å². The Labute approximate surface area is 135 Å². The summed E-state index contributed by atoms with van der Waals surface area (Å²) in [5.74, 6) is 1.81. The van der Waals surface area contributed by atoms with Crippen molar-refractivity contribution >= 4 is 11.9 Å². The van der Waals surface area contributed by atoms with Gasteiger partial charge < -0.3 is 4.74 Å². The number of carbonyl (C=O) groups excluding carboxylic acids is 2. The first kappa shape index (κ1) is 18.9. The lowest BCUT2D eigenvalue weighted by molar-refractivity contribution is -0.153. The van der Waals surface area contributed by atoms with E-state index in [9.17, 15) is 9.59 Å². The summed E-state index contributed by atoms with van der Waals surface area (Å²) < 4.78 is 4.55. The fraction of sp³-hybridized carbons (Fsp3) is 0.789. The fourth-order valence-corrected chi connectivity index (χ4v) is 2.84. The monoisotopic (exact) mass is 308 g/mol. The lowest BCUT2D eigenvalue weighted by Gasteiger charge is -2.21.